The lowest BCUT2D eigenvalue weighted by atomic mass is 10.6. The maximum Gasteiger partial charge on any atom is 0.317 e. The summed E-state index contributed by atoms with van der Waals surface area (Å²) in [7, 11) is 1.71. The molecule has 0 unspecified atom stereocenters. The van der Waals surface area contributed by atoms with Crippen molar-refractivity contribution >= 4 is 6.03 Å². The molecule has 7 heteroatoms. The molecule has 0 saturated heterocycles. The summed E-state index contributed by atoms with van der Waals surface area (Å²) in [5.74, 6) is 0.470. The van der Waals surface area contributed by atoms with Gasteiger partial charge in [-0.3, -0.25) is 0 Å². The molecule has 0 aliphatic rings. The summed E-state index contributed by atoms with van der Waals surface area (Å²) in [6, 6.07) is -0.146. The lowest BCUT2D eigenvalue weighted by Crippen LogP contribution is -2.36. The van der Waals surface area contributed by atoms with Crippen molar-refractivity contribution in [1.29, 1.82) is 0 Å². The van der Waals surface area contributed by atoms with E-state index in [9.17, 15) is 4.79 Å². The van der Waals surface area contributed by atoms with Crippen molar-refractivity contribution < 1.29 is 4.79 Å². The fraction of sp³-hybridized carbons (Fsp3) is 0.667. The molecule has 2 N–H and O–H groups in total. The zero-order chi connectivity index (χ0) is 9.68. The van der Waals surface area contributed by atoms with E-state index in [2.05, 4.69) is 25.9 Å². The summed E-state index contributed by atoms with van der Waals surface area (Å²) in [5.41, 5.74) is 0. The Morgan fingerprint density at radius 2 is 2.46 bits per heavy atom. The number of nitrogens with zero attached hydrogens (tertiary/aromatic N) is 4. The van der Waals surface area contributed by atoms with Crippen LogP contribution in [0.1, 0.15) is 12.7 Å². The molecule has 0 spiro atoms. The molecular weight excluding hydrogens is 172 g/mol. The second kappa shape index (κ2) is 4.39. The van der Waals surface area contributed by atoms with Gasteiger partial charge < -0.3 is 10.2 Å². The van der Waals surface area contributed by atoms with E-state index < -0.39 is 0 Å². The van der Waals surface area contributed by atoms with E-state index in [4.69, 9.17) is 0 Å². The number of rotatable bonds is 3. The number of nitrogens with one attached hydrogen (secondary N) is 2. The molecule has 0 saturated carbocycles. The average molecular weight is 184 g/mol. The summed E-state index contributed by atoms with van der Waals surface area (Å²) in [6.07, 6.45) is 0. The van der Waals surface area contributed by atoms with Gasteiger partial charge in [-0.25, -0.2) is 4.79 Å². The zero-order valence-electron chi connectivity index (χ0n) is 7.61. The fourth-order valence-corrected chi connectivity index (χ4v) is 0.691. The van der Waals surface area contributed by atoms with Crippen LogP contribution in [0.15, 0.2) is 0 Å². The fourth-order valence-electron chi connectivity index (χ4n) is 0.691. The lowest BCUT2D eigenvalue weighted by Gasteiger charge is -2.14. The third kappa shape index (κ3) is 2.69. The number of aromatic nitrogens is 4. The van der Waals surface area contributed by atoms with E-state index in [0.29, 0.717) is 18.9 Å². The van der Waals surface area contributed by atoms with Crippen LogP contribution in [-0.4, -0.2) is 45.1 Å². The van der Waals surface area contributed by atoms with Crippen molar-refractivity contribution in [1.82, 2.24) is 30.8 Å². The molecule has 0 bridgehead atoms. The molecule has 1 heterocycles. The van der Waals surface area contributed by atoms with E-state index in [1.807, 2.05) is 6.92 Å². The van der Waals surface area contributed by atoms with Gasteiger partial charge in [-0.05, 0) is 6.92 Å². The quantitative estimate of drug-likeness (QED) is 0.654. The summed E-state index contributed by atoms with van der Waals surface area (Å²) in [4.78, 5) is 12.8. The third-order valence-electron chi connectivity index (χ3n) is 1.61. The zero-order valence-corrected chi connectivity index (χ0v) is 7.61. The first kappa shape index (κ1) is 9.43. The van der Waals surface area contributed by atoms with Crippen molar-refractivity contribution in [3.63, 3.8) is 0 Å². The predicted octanol–water partition coefficient (Wildman–Crippen LogP) is -0.639. The highest BCUT2D eigenvalue weighted by atomic mass is 16.2. The molecule has 72 valence electrons. The smallest absolute Gasteiger partial charge is 0.317 e. The van der Waals surface area contributed by atoms with Crippen LogP contribution in [0.25, 0.3) is 0 Å². The highest BCUT2D eigenvalue weighted by molar-refractivity contribution is 5.73. The molecule has 2 amide bonds. The standard InChI is InChI=1S/C6H12N6O/c1-3-12(2)6(13)7-4-5-8-10-11-9-5/h3-4H2,1-2H3,(H,7,13)(H,8,9,10,11). The minimum atomic E-state index is -0.146. The Morgan fingerprint density at radius 3 is 3.00 bits per heavy atom. The maximum atomic E-state index is 11.2. The van der Waals surface area contributed by atoms with Crippen molar-refractivity contribution in [2.45, 2.75) is 13.5 Å². The molecule has 0 aliphatic heterocycles. The van der Waals surface area contributed by atoms with E-state index >= 15 is 0 Å². The second-order valence-corrected chi connectivity index (χ2v) is 2.50. The Labute approximate surface area is 75.5 Å². The average Bonchev–Trinajstić information content (AvgIpc) is 2.65. The summed E-state index contributed by atoms with van der Waals surface area (Å²) in [5, 5.41) is 15.7. The van der Waals surface area contributed by atoms with Crippen LogP contribution < -0.4 is 5.32 Å². The van der Waals surface area contributed by atoms with Gasteiger partial charge in [0.2, 0.25) is 0 Å². The topological polar surface area (TPSA) is 86.8 Å². The number of hydrogen-bond donors (Lipinski definition) is 2. The van der Waals surface area contributed by atoms with Crippen LogP contribution >= 0.6 is 0 Å². The molecule has 13 heavy (non-hydrogen) atoms. The predicted molar refractivity (Wildman–Crippen MR) is 44.7 cm³/mol. The van der Waals surface area contributed by atoms with Crippen LogP contribution in [0.3, 0.4) is 0 Å². The molecule has 1 aromatic rings. The highest BCUT2D eigenvalue weighted by Crippen LogP contribution is 1.86. The van der Waals surface area contributed by atoms with E-state index in [1.165, 1.54) is 0 Å². The molecule has 0 aromatic carbocycles. The number of H-pyrrole nitrogens is 1. The summed E-state index contributed by atoms with van der Waals surface area (Å²) in [6.45, 7) is 2.85. The van der Waals surface area contributed by atoms with E-state index in [1.54, 1.807) is 11.9 Å². The number of urea groups is 1. The number of amides is 2. The first-order valence-electron chi connectivity index (χ1n) is 3.95. The normalized spacial score (nSPS) is 9.69. The Kier molecular flexibility index (Phi) is 3.18. The SMILES string of the molecule is CCN(C)C(=O)NCc1nn[nH]n1. The number of tetrazole rings is 1. The molecule has 0 fully saturated rings. The Hall–Kier alpha value is -1.66. The molecular formula is C6H12N6O. The van der Waals surface area contributed by atoms with Gasteiger partial charge in [0.15, 0.2) is 5.82 Å². The van der Waals surface area contributed by atoms with Crippen LogP contribution in [-0.2, 0) is 6.54 Å². The van der Waals surface area contributed by atoms with Crippen LogP contribution in [0, 0.1) is 0 Å². The summed E-state index contributed by atoms with van der Waals surface area (Å²) >= 11 is 0. The largest absolute Gasteiger partial charge is 0.331 e. The molecule has 1 aromatic heterocycles. The third-order valence-corrected chi connectivity index (χ3v) is 1.61. The molecule has 0 radical (unpaired) electrons. The lowest BCUT2D eigenvalue weighted by molar-refractivity contribution is 0.210. The Balaban J connectivity index is 2.31. The van der Waals surface area contributed by atoms with Crippen LogP contribution in [0.5, 0.6) is 0 Å². The second-order valence-electron chi connectivity index (χ2n) is 2.50. The van der Waals surface area contributed by atoms with Gasteiger partial charge in [-0.2, -0.15) is 5.21 Å². The number of aromatic amines is 1. The highest BCUT2D eigenvalue weighted by Gasteiger charge is 2.06. The minimum absolute atomic E-state index is 0.146. The van der Waals surface area contributed by atoms with Gasteiger partial charge >= 0.3 is 6.03 Å². The van der Waals surface area contributed by atoms with Crippen molar-refractivity contribution in [2.75, 3.05) is 13.6 Å². The van der Waals surface area contributed by atoms with Gasteiger partial charge in [0.1, 0.15) is 0 Å². The van der Waals surface area contributed by atoms with Gasteiger partial charge in [-0.1, -0.05) is 5.21 Å². The maximum absolute atomic E-state index is 11.2. The number of carbonyl (C=O) groups is 1. The first-order chi connectivity index (χ1) is 6.24. The molecule has 0 atom stereocenters. The van der Waals surface area contributed by atoms with Crippen molar-refractivity contribution in [3.8, 4) is 0 Å². The van der Waals surface area contributed by atoms with E-state index in [0.717, 1.165) is 0 Å². The van der Waals surface area contributed by atoms with Crippen molar-refractivity contribution in [3.05, 3.63) is 5.82 Å². The minimum Gasteiger partial charge on any atom is -0.331 e. The van der Waals surface area contributed by atoms with Gasteiger partial charge in [-0.15, -0.1) is 10.2 Å². The number of carbonyl (C=O) groups excluding carboxylic acids is 1. The molecule has 1 rings (SSSR count). The van der Waals surface area contributed by atoms with Gasteiger partial charge in [0.05, 0.1) is 6.54 Å². The molecule has 7 nitrogen and oxygen atoms in total. The Bertz CT molecular complexity index is 258. The van der Waals surface area contributed by atoms with Gasteiger partial charge in [0.25, 0.3) is 0 Å². The van der Waals surface area contributed by atoms with Crippen molar-refractivity contribution in [2.24, 2.45) is 0 Å². The monoisotopic (exact) mass is 184 g/mol. The van der Waals surface area contributed by atoms with Crippen LogP contribution in [0.4, 0.5) is 4.79 Å². The Morgan fingerprint density at radius 1 is 1.69 bits per heavy atom. The number of hydrogen-bond acceptors (Lipinski definition) is 4. The summed E-state index contributed by atoms with van der Waals surface area (Å²) < 4.78 is 0. The molecule has 0 aliphatic carbocycles. The first-order valence-corrected chi connectivity index (χ1v) is 3.95. The van der Waals surface area contributed by atoms with Gasteiger partial charge in [0, 0.05) is 13.6 Å². The van der Waals surface area contributed by atoms with Crippen LogP contribution in [0.2, 0.25) is 0 Å². The van der Waals surface area contributed by atoms with E-state index in [-0.39, 0.29) is 6.03 Å².